The second-order valence-corrected chi connectivity index (χ2v) is 6.62. The third-order valence-corrected chi connectivity index (χ3v) is 5.37. The number of aromatic nitrogens is 1. The maximum atomic E-state index is 13.2. The highest BCUT2D eigenvalue weighted by Crippen LogP contribution is 2.46. The van der Waals surface area contributed by atoms with E-state index in [1.807, 2.05) is 19.2 Å². The molecule has 1 aliphatic heterocycles. The number of fused-ring (bicyclic) bond motifs is 3. The Morgan fingerprint density at radius 2 is 1.86 bits per heavy atom. The zero-order chi connectivity index (χ0) is 15.3. The number of aryl methyl sites for hydroxylation is 1. The van der Waals surface area contributed by atoms with Crippen molar-refractivity contribution in [2.75, 3.05) is 0 Å². The van der Waals surface area contributed by atoms with Gasteiger partial charge in [-0.1, -0.05) is 30.3 Å². The van der Waals surface area contributed by atoms with Gasteiger partial charge in [-0.3, -0.25) is 4.79 Å². The number of rotatable bonds is 1. The molecule has 0 N–H and O–H groups in total. The molecule has 0 spiro atoms. The molecule has 4 rings (SSSR count). The summed E-state index contributed by atoms with van der Waals surface area (Å²) in [4.78, 5) is 12.2. The summed E-state index contributed by atoms with van der Waals surface area (Å²) in [6.07, 6.45) is 0.456. The van der Waals surface area contributed by atoms with Crippen LogP contribution in [0, 0.1) is 5.82 Å². The Hall–Kier alpha value is -2.07. The van der Waals surface area contributed by atoms with Gasteiger partial charge in [0.1, 0.15) is 5.82 Å². The number of para-hydroxylation sites is 1. The Kier molecular flexibility index (Phi) is 3.08. The summed E-state index contributed by atoms with van der Waals surface area (Å²) < 4.78 is 15.3. The minimum atomic E-state index is -0.251. The van der Waals surface area contributed by atoms with Gasteiger partial charge >= 0.3 is 0 Å². The van der Waals surface area contributed by atoms with E-state index in [4.69, 9.17) is 0 Å². The number of thioether (sulfide) groups is 1. The van der Waals surface area contributed by atoms with Gasteiger partial charge in [0.25, 0.3) is 0 Å². The summed E-state index contributed by atoms with van der Waals surface area (Å²) in [7, 11) is 1.99. The summed E-state index contributed by atoms with van der Waals surface area (Å²) in [5, 5.41) is 2.34. The summed E-state index contributed by atoms with van der Waals surface area (Å²) in [6.45, 7) is 0. The van der Waals surface area contributed by atoms with Crippen LogP contribution in [0.2, 0.25) is 0 Å². The fourth-order valence-electron chi connectivity index (χ4n) is 3.26. The summed E-state index contributed by atoms with van der Waals surface area (Å²) in [5.74, 6) is -0.256. The van der Waals surface area contributed by atoms with Crippen molar-refractivity contribution in [2.45, 2.75) is 17.4 Å². The van der Waals surface area contributed by atoms with Crippen LogP contribution < -0.4 is 0 Å². The molecule has 0 amide bonds. The lowest BCUT2D eigenvalue weighted by Crippen LogP contribution is -2.13. The minimum absolute atomic E-state index is 0.00421. The van der Waals surface area contributed by atoms with Crippen LogP contribution >= 0.6 is 11.8 Å². The number of carbonyl (C=O) groups excluding carboxylic acids is 1. The second kappa shape index (κ2) is 4.99. The molecule has 0 aliphatic carbocycles. The zero-order valence-corrected chi connectivity index (χ0v) is 12.9. The number of hydrogen-bond donors (Lipinski definition) is 0. The molecule has 0 radical (unpaired) electrons. The fourth-order valence-corrected chi connectivity index (χ4v) is 4.32. The SMILES string of the molecule is Cn1c2c(c3ccccc31)[C@@H](c1ccc(F)cc1)CC(=O)S2. The fraction of sp³-hybridized carbons (Fsp3) is 0.167. The Morgan fingerprint density at radius 3 is 2.64 bits per heavy atom. The first-order valence-corrected chi connectivity index (χ1v) is 8.00. The number of carbonyl (C=O) groups is 1. The highest BCUT2D eigenvalue weighted by atomic mass is 32.2. The van der Waals surface area contributed by atoms with Gasteiger partial charge in [-0.2, -0.15) is 0 Å². The molecular formula is C18H14FNOS. The maximum Gasteiger partial charge on any atom is 0.196 e. The summed E-state index contributed by atoms with van der Waals surface area (Å²) in [6, 6.07) is 14.7. The molecule has 110 valence electrons. The third-order valence-electron chi connectivity index (χ3n) is 4.29. The predicted molar refractivity (Wildman–Crippen MR) is 86.6 cm³/mol. The molecule has 22 heavy (non-hydrogen) atoms. The van der Waals surface area contributed by atoms with E-state index in [2.05, 4.69) is 16.7 Å². The van der Waals surface area contributed by atoms with Crippen LogP contribution in [-0.4, -0.2) is 9.68 Å². The number of nitrogens with zero attached hydrogens (tertiary/aromatic N) is 1. The lowest BCUT2D eigenvalue weighted by molar-refractivity contribution is -0.111. The van der Waals surface area contributed by atoms with E-state index in [-0.39, 0.29) is 16.9 Å². The monoisotopic (exact) mass is 311 g/mol. The van der Waals surface area contributed by atoms with Gasteiger partial charge in [-0.05, 0) is 35.5 Å². The molecule has 1 aromatic heterocycles. The Morgan fingerprint density at radius 1 is 1.14 bits per heavy atom. The van der Waals surface area contributed by atoms with Crippen molar-refractivity contribution in [1.82, 2.24) is 4.57 Å². The Balaban J connectivity index is 1.98. The van der Waals surface area contributed by atoms with E-state index in [0.29, 0.717) is 6.42 Å². The average Bonchev–Trinajstić information content (AvgIpc) is 2.81. The number of benzene rings is 2. The maximum absolute atomic E-state index is 13.2. The minimum Gasteiger partial charge on any atom is -0.338 e. The van der Waals surface area contributed by atoms with Crippen molar-refractivity contribution < 1.29 is 9.18 Å². The molecule has 3 aromatic rings. The molecule has 2 nitrogen and oxygen atoms in total. The molecule has 2 aromatic carbocycles. The van der Waals surface area contributed by atoms with E-state index >= 15 is 0 Å². The summed E-state index contributed by atoms with van der Waals surface area (Å²) in [5.41, 5.74) is 3.31. The standard InChI is InChI=1S/C18H14FNOS/c1-20-15-5-3-2-4-13(15)17-14(10-16(21)22-18(17)20)11-6-8-12(19)9-7-11/h2-9,14H,10H2,1H3/t14-/m1/s1. The van der Waals surface area contributed by atoms with Crippen molar-refractivity contribution in [3.05, 3.63) is 65.5 Å². The van der Waals surface area contributed by atoms with Crippen molar-refractivity contribution in [3.8, 4) is 0 Å². The van der Waals surface area contributed by atoms with E-state index < -0.39 is 0 Å². The molecule has 0 fully saturated rings. The highest BCUT2D eigenvalue weighted by Gasteiger charge is 2.32. The first-order chi connectivity index (χ1) is 10.6. The van der Waals surface area contributed by atoms with Crippen LogP contribution in [-0.2, 0) is 11.8 Å². The molecule has 0 saturated heterocycles. The topological polar surface area (TPSA) is 22.0 Å². The van der Waals surface area contributed by atoms with Crippen LogP contribution in [0.15, 0.2) is 53.6 Å². The normalized spacial score (nSPS) is 17.7. The van der Waals surface area contributed by atoms with Crippen LogP contribution in [0.4, 0.5) is 4.39 Å². The lowest BCUT2D eigenvalue weighted by atomic mass is 9.88. The number of halogens is 1. The van der Waals surface area contributed by atoms with Gasteiger partial charge in [-0.15, -0.1) is 0 Å². The third kappa shape index (κ3) is 1.98. The Bertz CT molecular complexity index is 882. The van der Waals surface area contributed by atoms with Gasteiger partial charge in [0.15, 0.2) is 5.12 Å². The van der Waals surface area contributed by atoms with Crippen LogP contribution in [0.25, 0.3) is 10.9 Å². The van der Waals surface area contributed by atoms with Gasteiger partial charge in [0.2, 0.25) is 0 Å². The zero-order valence-electron chi connectivity index (χ0n) is 12.0. The van der Waals surface area contributed by atoms with E-state index in [1.165, 1.54) is 34.8 Å². The molecule has 4 heteroatoms. The van der Waals surface area contributed by atoms with Crippen molar-refractivity contribution >= 4 is 27.8 Å². The largest absolute Gasteiger partial charge is 0.338 e. The highest BCUT2D eigenvalue weighted by molar-refractivity contribution is 8.13. The molecule has 2 heterocycles. The first kappa shape index (κ1) is 13.6. The van der Waals surface area contributed by atoms with Gasteiger partial charge < -0.3 is 4.57 Å². The van der Waals surface area contributed by atoms with E-state index in [0.717, 1.165) is 16.1 Å². The number of hydrogen-bond acceptors (Lipinski definition) is 2. The van der Waals surface area contributed by atoms with Gasteiger partial charge in [0, 0.05) is 35.9 Å². The van der Waals surface area contributed by atoms with Crippen molar-refractivity contribution in [2.24, 2.45) is 7.05 Å². The lowest BCUT2D eigenvalue weighted by Gasteiger charge is -2.23. The summed E-state index contributed by atoms with van der Waals surface area (Å²) >= 11 is 1.32. The molecule has 1 atom stereocenters. The second-order valence-electron chi connectivity index (χ2n) is 5.58. The smallest absolute Gasteiger partial charge is 0.196 e. The van der Waals surface area contributed by atoms with E-state index in [1.54, 1.807) is 12.1 Å². The molecular weight excluding hydrogens is 297 g/mol. The predicted octanol–water partition coefficient (Wildman–Crippen LogP) is 4.47. The van der Waals surface area contributed by atoms with Gasteiger partial charge in [0.05, 0.1) is 5.03 Å². The first-order valence-electron chi connectivity index (χ1n) is 7.18. The van der Waals surface area contributed by atoms with Crippen LogP contribution in [0.1, 0.15) is 23.5 Å². The van der Waals surface area contributed by atoms with Gasteiger partial charge in [-0.25, -0.2) is 4.39 Å². The molecule has 0 bridgehead atoms. The van der Waals surface area contributed by atoms with Crippen molar-refractivity contribution in [1.29, 1.82) is 0 Å². The average molecular weight is 311 g/mol. The molecule has 0 saturated carbocycles. The van der Waals surface area contributed by atoms with Crippen molar-refractivity contribution in [3.63, 3.8) is 0 Å². The molecule has 1 aliphatic rings. The van der Waals surface area contributed by atoms with E-state index in [9.17, 15) is 9.18 Å². The van der Waals surface area contributed by atoms with Crippen LogP contribution in [0.3, 0.4) is 0 Å². The quantitative estimate of drug-likeness (QED) is 0.661. The van der Waals surface area contributed by atoms with Crippen LogP contribution in [0.5, 0.6) is 0 Å². The Labute approximate surface area is 131 Å². The molecule has 0 unspecified atom stereocenters.